The van der Waals surface area contributed by atoms with Crippen LogP contribution in [-0.2, 0) is 19.1 Å². The molecule has 1 rings (SSSR count). The third-order valence-electron chi connectivity index (χ3n) is 2.18. The van der Waals surface area contributed by atoms with Gasteiger partial charge in [0.2, 0.25) is 5.91 Å². The molecule has 94 valence electrons. The molecule has 17 heavy (non-hydrogen) atoms. The molecule has 7 nitrogen and oxygen atoms in total. The van der Waals surface area contributed by atoms with Crippen molar-refractivity contribution in [2.75, 3.05) is 19.7 Å². The van der Waals surface area contributed by atoms with Gasteiger partial charge in [0.1, 0.15) is 0 Å². The minimum Gasteiger partial charge on any atom is -0.466 e. The van der Waals surface area contributed by atoms with Gasteiger partial charge in [-0.1, -0.05) is 0 Å². The van der Waals surface area contributed by atoms with Crippen molar-refractivity contribution in [3.63, 3.8) is 0 Å². The first kappa shape index (κ1) is 13.1. The number of ether oxygens (including phenoxy) is 1. The number of nitrogens with zero attached hydrogens (tertiary/aromatic N) is 1. The molecular weight excluding hydrogens is 228 g/mol. The van der Waals surface area contributed by atoms with Crippen molar-refractivity contribution in [3.8, 4) is 0 Å². The normalized spacial score (nSPS) is 14.8. The van der Waals surface area contributed by atoms with Gasteiger partial charge in [0.15, 0.2) is 5.78 Å². The third-order valence-corrected chi connectivity index (χ3v) is 2.18. The number of ketones is 1. The molecule has 1 aliphatic heterocycles. The predicted octanol–water partition coefficient (Wildman–Crippen LogP) is -0.549. The summed E-state index contributed by atoms with van der Waals surface area (Å²) >= 11 is 0. The molecule has 1 saturated heterocycles. The molecule has 0 aliphatic carbocycles. The van der Waals surface area contributed by atoms with E-state index in [9.17, 15) is 19.2 Å². The number of Topliss-reactive ketones (excluding diaryl/α,β-unsaturated/α-hetero) is 1. The largest absolute Gasteiger partial charge is 0.466 e. The minimum absolute atomic E-state index is 0.0314. The summed E-state index contributed by atoms with van der Waals surface area (Å²) in [4.78, 5) is 45.5. The van der Waals surface area contributed by atoms with Gasteiger partial charge in [0.25, 0.3) is 0 Å². The molecule has 0 aromatic heterocycles. The summed E-state index contributed by atoms with van der Waals surface area (Å²) in [6.07, 6.45) is -0.0633. The number of carbonyl (C=O) groups excluding carboxylic acids is 4. The quantitative estimate of drug-likeness (QED) is 0.498. The Morgan fingerprint density at radius 1 is 1.35 bits per heavy atom. The van der Waals surface area contributed by atoms with Crippen LogP contribution >= 0.6 is 0 Å². The van der Waals surface area contributed by atoms with Gasteiger partial charge in [-0.2, -0.15) is 0 Å². The van der Waals surface area contributed by atoms with E-state index in [1.54, 1.807) is 6.92 Å². The van der Waals surface area contributed by atoms with Gasteiger partial charge in [0.05, 0.1) is 26.1 Å². The second-order valence-electron chi connectivity index (χ2n) is 3.48. The van der Waals surface area contributed by atoms with Gasteiger partial charge < -0.3 is 10.1 Å². The van der Waals surface area contributed by atoms with E-state index in [0.29, 0.717) is 0 Å². The van der Waals surface area contributed by atoms with E-state index in [0.717, 1.165) is 4.90 Å². The molecule has 0 atom stereocenters. The van der Waals surface area contributed by atoms with E-state index in [1.165, 1.54) is 0 Å². The van der Waals surface area contributed by atoms with Crippen LogP contribution in [0.2, 0.25) is 0 Å². The zero-order chi connectivity index (χ0) is 12.8. The highest BCUT2D eigenvalue weighted by Gasteiger charge is 2.29. The van der Waals surface area contributed by atoms with Crippen molar-refractivity contribution < 1.29 is 23.9 Å². The number of carbonyl (C=O) groups is 4. The lowest BCUT2D eigenvalue weighted by molar-refractivity contribution is -0.144. The fourth-order valence-corrected chi connectivity index (χ4v) is 1.35. The third kappa shape index (κ3) is 3.86. The number of hydrogen-bond donors (Lipinski definition) is 1. The van der Waals surface area contributed by atoms with Crippen molar-refractivity contribution in [3.05, 3.63) is 0 Å². The lowest BCUT2D eigenvalue weighted by Gasteiger charge is -2.10. The van der Waals surface area contributed by atoms with Crippen LogP contribution in [0.1, 0.15) is 19.8 Å². The lowest BCUT2D eigenvalue weighted by Crippen LogP contribution is -2.35. The van der Waals surface area contributed by atoms with E-state index >= 15 is 0 Å². The Morgan fingerprint density at radius 3 is 2.59 bits per heavy atom. The van der Waals surface area contributed by atoms with E-state index in [1.807, 2.05) is 0 Å². The lowest BCUT2D eigenvalue weighted by atomic mass is 10.2. The molecule has 1 N–H and O–H groups in total. The monoisotopic (exact) mass is 242 g/mol. The standard InChI is InChI=1S/C10H14N2O5/c1-2-17-9(15)4-3-7(13)6-12-8(14)5-11-10(12)16/h2-6H2,1H3,(H,11,16). The fourth-order valence-electron chi connectivity index (χ4n) is 1.35. The molecule has 0 aromatic rings. The Bertz CT molecular complexity index is 337. The predicted molar refractivity (Wildman–Crippen MR) is 56.0 cm³/mol. The minimum atomic E-state index is -0.570. The molecule has 1 fully saturated rings. The summed E-state index contributed by atoms with van der Waals surface area (Å²) < 4.78 is 4.65. The maximum absolute atomic E-state index is 11.4. The number of amides is 3. The average molecular weight is 242 g/mol. The Morgan fingerprint density at radius 2 is 2.06 bits per heavy atom. The molecule has 7 heteroatoms. The van der Waals surface area contributed by atoms with Crippen LogP contribution < -0.4 is 5.32 Å². The van der Waals surface area contributed by atoms with E-state index in [4.69, 9.17) is 0 Å². The molecule has 0 saturated carbocycles. The maximum atomic E-state index is 11.4. The van der Waals surface area contributed by atoms with Gasteiger partial charge in [-0.3, -0.25) is 19.3 Å². The second-order valence-corrected chi connectivity index (χ2v) is 3.48. The van der Waals surface area contributed by atoms with E-state index in [-0.39, 0.29) is 38.3 Å². The second kappa shape index (κ2) is 5.97. The molecule has 0 radical (unpaired) electrons. The van der Waals surface area contributed by atoms with Crippen LogP contribution in [0.5, 0.6) is 0 Å². The highest BCUT2D eigenvalue weighted by Crippen LogP contribution is 2.02. The van der Waals surface area contributed by atoms with E-state index < -0.39 is 17.9 Å². The molecule has 0 aromatic carbocycles. The number of nitrogens with one attached hydrogen (secondary N) is 1. The summed E-state index contributed by atoms with van der Waals surface area (Å²) in [7, 11) is 0. The van der Waals surface area contributed by atoms with Gasteiger partial charge in [-0.15, -0.1) is 0 Å². The molecule has 0 bridgehead atoms. The molecular formula is C10H14N2O5. The van der Waals surface area contributed by atoms with Gasteiger partial charge in [-0.25, -0.2) is 4.79 Å². The summed E-state index contributed by atoms with van der Waals surface area (Å²) in [6.45, 7) is 1.57. The summed E-state index contributed by atoms with van der Waals surface area (Å²) in [6, 6.07) is -0.570. The smallest absolute Gasteiger partial charge is 0.324 e. The Kier molecular flexibility index (Phi) is 4.62. The maximum Gasteiger partial charge on any atom is 0.324 e. The fraction of sp³-hybridized carbons (Fsp3) is 0.600. The summed E-state index contributed by atoms with van der Waals surface area (Å²) in [5.74, 6) is -1.24. The number of hydrogen-bond acceptors (Lipinski definition) is 5. The van der Waals surface area contributed by atoms with Gasteiger partial charge in [0, 0.05) is 6.42 Å². The summed E-state index contributed by atoms with van der Waals surface area (Å²) in [5, 5.41) is 2.30. The van der Waals surface area contributed by atoms with Gasteiger partial charge >= 0.3 is 12.0 Å². The van der Waals surface area contributed by atoms with Crippen LogP contribution in [0.25, 0.3) is 0 Å². The first-order valence-electron chi connectivity index (χ1n) is 5.30. The highest BCUT2D eigenvalue weighted by molar-refractivity contribution is 6.04. The number of rotatable bonds is 6. The molecule has 3 amide bonds. The van der Waals surface area contributed by atoms with Crippen LogP contribution in [0, 0.1) is 0 Å². The number of esters is 1. The molecule has 1 heterocycles. The van der Waals surface area contributed by atoms with Crippen molar-refractivity contribution in [1.29, 1.82) is 0 Å². The topological polar surface area (TPSA) is 92.8 Å². The Hall–Kier alpha value is -1.92. The zero-order valence-electron chi connectivity index (χ0n) is 9.52. The average Bonchev–Trinajstić information content (AvgIpc) is 2.58. The molecule has 1 aliphatic rings. The zero-order valence-corrected chi connectivity index (χ0v) is 9.52. The first-order valence-corrected chi connectivity index (χ1v) is 5.30. The summed E-state index contributed by atoms with van der Waals surface area (Å²) in [5.41, 5.74) is 0. The van der Waals surface area contributed by atoms with Crippen LogP contribution in [0.15, 0.2) is 0 Å². The van der Waals surface area contributed by atoms with Crippen molar-refractivity contribution in [2.45, 2.75) is 19.8 Å². The van der Waals surface area contributed by atoms with Crippen molar-refractivity contribution >= 4 is 23.7 Å². The Labute approximate surface area is 98.1 Å². The molecule has 0 spiro atoms. The molecule has 0 unspecified atom stereocenters. The Balaban J connectivity index is 2.32. The van der Waals surface area contributed by atoms with Crippen LogP contribution in [0.4, 0.5) is 4.79 Å². The highest BCUT2D eigenvalue weighted by atomic mass is 16.5. The number of urea groups is 1. The van der Waals surface area contributed by atoms with Crippen molar-refractivity contribution in [1.82, 2.24) is 10.2 Å². The SMILES string of the molecule is CCOC(=O)CCC(=O)CN1C(=O)CNC1=O. The van der Waals surface area contributed by atoms with Crippen molar-refractivity contribution in [2.24, 2.45) is 0 Å². The van der Waals surface area contributed by atoms with E-state index in [2.05, 4.69) is 10.1 Å². The van der Waals surface area contributed by atoms with Crippen LogP contribution in [-0.4, -0.2) is 48.3 Å². The first-order chi connectivity index (χ1) is 8.04. The van der Waals surface area contributed by atoms with Gasteiger partial charge in [-0.05, 0) is 6.92 Å². The number of imide groups is 1. The van der Waals surface area contributed by atoms with Crippen LogP contribution in [0.3, 0.4) is 0 Å².